The summed E-state index contributed by atoms with van der Waals surface area (Å²) in [6, 6.07) is 6.82. The Morgan fingerprint density at radius 1 is 1.29 bits per heavy atom. The van der Waals surface area contributed by atoms with E-state index < -0.39 is 0 Å². The summed E-state index contributed by atoms with van der Waals surface area (Å²) in [5.74, 6) is 0. The van der Waals surface area contributed by atoms with Crippen molar-refractivity contribution < 1.29 is 0 Å². The summed E-state index contributed by atoms with van der Waals surface area (Å²) in [5.41, 5.74) is 2.49. The van der Waals surface area contributed by atoms with Crippen molar-refractivity contribution in [3.63, 3.8) is 0 Å². The third-order valence-corrected chi connectivity index (χ3v) is 4.60. The maximum atomic E-state index is 6.36. The number of rotatable bonds is 3. The molecule has 17 heavy (non-hydrogen) atoms. The van der Waals surface area contributed by atoms with E-state index >= 15 is 0 Å². The predicted octanol–water partition coefficient (Wildman–Crippen LogP) is 5.00. The van der Waals surface area contributed by atoms with Crippen LogP contribution in [0, 0.1) is 0 Å². The highest BCUT2D eigenvalue weighted by Crippen LogP contribution is 2.34. The van der Waals surface area contributed by atoms with Gasteiger partial charge in [-0.25, -0.2) is 0 Å². The molecule has 0 bridgehead atoms. The van der Waals surface area contributed by atoms with Crippen molar-refractivity contribution in [1.82, 2.24) is 0 Å². The Hall–Kier alpha value is -0.210. The Labute approximate surface area is 117 Å². The van der Waals surface area contributed by atoms with Gasteiger partial charge >= 0.3 is 0 Å². The maximum Gasteiger partial charge on any atom is 0.0642 e. The second kappa shape index (κ2) is 6.10. The van der Waals surface area contributed by atoms with Gasteiger partial charge in [-0.1, -0.05) is 58.9 Å². The third kappa shape index (κ3) is 2.97. The molecule has 0 aliphatic heterocycles. The first kappa shape index (κ1) is 13.2. The number of benzene rings is 1. The van der Waals surface area contributed by atoms with Crippen molar-refractivity contribution in [2.45, 2.75) is 43.5 Å². The molecule has 2 rings (SSSR count). The van der Waals surface area contributed by atoms with Gasteiger partial charge in [0.25, 0.3) is 0 Å². The second-order valence-corrected chi connectivity index (χ2v) is 5.75. The van der Waals surface area contributed by atoms with Crippen molar-refractivity contribution in [2.24, 2.45) is 0 Å². The molecule has 0 heterocycles. The van der Waals surface area contributed by atoms with E-state index in [1.54, 1.807) is 0 Å². The summed E-state index contributed by atoms with van der Waals surface area (Å²) in [6.45, 7) is 0. The molecule has 0 unspecified atom stereocenters. The van der Waals surface area contributed by atoms with Crippen LogP contribution < -0.4 is 4.90 Å². The highest BCUT2D eigenvalue weighted by Gasteiger charge is 2.21. The topological polar surface area (TPSA) is 3.24 Å². The van der Waals surface area contributed by atoms with Crippen LogP contribution >= 0.6 is 27.5 Å². The van der Waals surface area contributed by atoms with Gasteiger partial charge in [-0.15, -0.1) is 0 Å². The van der Waals surface area contributed by atoms with E-state index in [-0.39, 0.29) is 0 Å². The molecular formula is C14H19BrClN. The van der Waals surface area contributed by atoms with Crippen molar-refractivity contribution in [1.29, 1.82) is 0 Å². The van der Waals surface area contributed by atoms with Crippen molar-refractivity contribution in [2.75, 3.05) is 11.9 Å². The van der Waals surface area contributed by atoms with Gasteiger partial charge in [0, 0.05) is 18.4 Å². The molecule has 1 aliphatic carbocycles. The molecule has 0 amide bonds. The molecule has 1 fully saturated rings. The number of alkyl halides is 1. The molecule has 0 N–H and O–H groups in total. The smallest absolute Gasteiger partial charge is 0.0642 e. The molecule has 94 valence electrons. The zero-order chi connectivity index (χ0) is 12.3. The molecule has 1 nitrogen and oxygen atoms in total. The Balaban J connectivity index is 2.25. The number of anilines is 1. The minimum atomic E-state index is 0.654. The first-order chi connectivity index (χ1) is 8.24. The van der Waals surface area contributed by atoms with E-state index in [2.05, 4.69) is 33.9 Å². The Morgan fingerprint density at radius 2 is 2.00 bits per heavy atom. The molecule has 0 saturated heterocycles. The molecule has 1 aromatic carbocycles. The van der Waals surface area contributed by atoms with Gasteiger partial charge in [0.15, 0.2) is 0 Å². The molecule has 1 aromatic rings. The van der Waals surface area contributed by atoms with Crippen LogP contribution in [0.4, 0.5) is 5.69 Å². The lowest BCUT2D eigenvalue weighted by Gasteiger charge is -2.34. The van der Waals surface area contributed by atoms with Gasteiger partial charge < -0.3 is 4.90 Å². The van der Waals surface area contributed by atoms with Crippen molar-refractivity contribution in [3.8, 4) is 0 Å². The zero-order valence-electron chi connectivity index (χ0n) is 10.3. The quantitative estimate of drug-likeness (QED) is 0.709. The summed E-state index contributed by atoms with van der Waals surface area (Å²) < 4.78 is 0. The van der Waals surface area contributed by atoms with Crippen molar-refractivity contribution in [3.05, 3.63) is 28.8 Å². The summed E-state index contributed by atoms with van der Waals surface area (Å²) >= 11 is 9.91. The lowest BCUT2D eigenvalue weighted by Crippen LogP contribution is -2.34. The van der Waals surface area contributed by atoms with Crippen LogP contribution in [-0.2, 0) is 5.33 Å². The zero-order valence-corrected chi connectivity index (χ0v) is 12.6. The fourth-order valence-corrected chi connectivity index (χ4v) is 3.49. The largest absolute Gasteiger partial charge is 0.370 e. The fraction of sp³-hybridized carbons (Fsp3) is 0.571. The van der Waals surface area contributed by atoms with Gasteiger partial charge in [-0.05, 0) is 24.5 Å². The molecular weight excluding hydrogens is 298 g/mol. The number of hydrogen-bond acceptors (Lipinski definition) is 1. The molecule has 0 atom stereocenters. The lowest BCUT2D eigenvalue weighted by molar-refractivity contribution is 0.427. The van der Waals surface area contributed by atoms with Crippen LogP contribution in [0.3, 0.4) is 0 Å². The average Bonchev–Trinajstić information content (AvgIpc) is 2.38. The minimum Gasteiger partial charge on any atom is -0.370 e. The second-order valence-electron chi connectivity index (χ2n) is 4.78. The third-order valence-electron chi connectivity index (χ3n) is 3.69. The van der Waals surface area contributed by atoms with Gasteiger partial charge in [0.2, 0.25) is 0 Å². The lowest BCUT2D eigenvalue weighted by atomic mass is 9.94. The van der Waals surface area contributed by atoms with Crippen LogP contribution in [0.25, 0.3) is 0 Å². The molecule has 0 spiro atoms. The monoisotopic (exact) mass is 315 g/mol. The number of nitrogens with zero attached hydrogens (tertiary/aromatic N) is 1. The standard InChI is InChI=1S/C14H19BrClN/c1-17(12-7-3-2-4-8-12)14-11(10-15)6-5-9-13(14)16/h5-6,9,12H,2-4,7-8,10H2,1H3. The fourth-order valence-electron chi connectivity index (χ4n) is 2.71. The average molecular weight is 317 g/mol. The van der Waals surface area contributed by atoms with E-state index in [1.165, 1.54) is 43.4 Å². The maximum absolute atomic E-state index is 6.36. The Bertz CT molecular complexity index is 374. The summed E-state index contributed by atoms with van der Waals surface area (Å²) in [6.07, 6.45) is 6.68. The molecule has 0 aromatic heterocycles. The minimum absolute atomic E-state index is 0.654. The van der Waals surface area contributed by atoms with E-state index in [1.807, 2.05) is 12.1 Å². The van der Waals surface area contributed by atoms with E-state index in [4.69, 9.17) is 11.6 Å². The van der Waals surface area contributed by atoms with Crippen molar-refractivity contribution >= 4 is 33.2 Å². The number of halogens is 2. The number of para-hydroxylation sites is 1. The van der Waals surface area contributed by atoms with Gasteiger partial charge in [0.05, 0.1) is 10.7 Å². The molecule has 3 heteroatoms. The first-order valence-corrected chi connectivity index (χ1v) is 7.80. The SMILES string of the molecule is CN(c1c(Cl)cccc1CBr)C1CCCCC1. The summed E-state index contributed by atoms with van der Waals surface area (Å²) in [7, 11) is 2.18. The molecule has 1 saturated carbocycles. The predicted molar refractivity (Wildman–Crippen MR) is 79.4 cm³/mol. The Morgan fingerprint density at radius 3 is 2.65 bits per heavy atom. The number of hydrogen-bond donors (Lipinski definition) is 0. The van der Waals surface area contributed by atoms with Gasteiger partial charge in [-0.3, -0.25) is 0 Å². The summed E-state index contributed by atoms with van der Waals surface area (Å²) in [4.78, 5) is 2.39. The van der Waals surface area contributed by atoms with E-state index in [0.717, 1.165) is 10.4 Å². The van der Waals surface area contributed by atoms with E-state index in [9.17, 15) is 0 Å². The van der Waals surface area contributed by atoms with Crippen LogP contribution in [0.15, 0.2) is 18.2 Å². The highest BCUT2D eigenvalue weighted by atomic mass is 79.9. The van der Waals surface area contributed by atoms with Crippen LogP contribution in [-0.4, -0.2) is 13.1 Å². The van der Waals surface area contributed by atoms with Gasteiger partial charge in [0.1, 0.15) is 0 Å². The van der Waals surface area contributed by atoms with Gasteiger partial charge in [-0.2, -0.15) is 0 Å². The molecule has 1 aliphatic rings. The first-order valence-electron chi connectivity index (χ1n) is 6.30. The normalized spacial score (nSPS) is 17.1. The van der Waals surface area contributed by atoms with Crippen LogP contribution in [0.5, 0.6) is 0 Å². The Kier molecular flexibility index (Phi) is 4.75. The van der Waals surface area contributed by atoms with Crippen LogP contribution in [0.2, 0.25) is 5.02 Å². The van der Waals surface area contributed by atoms with E-state index in [0.29, 0.717) is 6.04 Å². The summed E-state index contributed by atoms with van der Waals surface area (Å²) in [5, 5.41) is 1.73. The van der Waals surface area contributed by atoms with Crippen LogP contribution in [0.1, 0.15) is 37.7 Å². The highest BCUT2D eigenvalue weighted by molar-refractivity contribution is 9.08. The molecule has 0 radical (unpaired) electrons.